The molecule has 374 valence electrons. The van der Waals surface area contributed by atoms with Crippen LogP contribution in [-0.2, 0) is 4.79 Å². The molecule has 2 atom stereocenters. The van der Waals surface area contributed by atoms with Crippen LogP contribution in [0.2, 0.25) is 0 Å². The number of hydrogen-bond donors (Lipinski definition) is 3. The van der Waals surface area contributed by atoms with E-state index in [9.17, 15) is 15.0 Å². The molecule has 0 saturated carbocycles. The fraction of sp³-hybridized carbons (Fsp3) is 0.915. The Morgan fingerprint density at radius 2 is 0.603 bits per heavy atom. The third-order valence-corrected chi connectivity index (χ3v) is 13.7. The molecule has 4 nitrogen and oxygen atoms in total. The lowest BCUT2D eigenvalue weighted by Gasteiger charge is -2.20. The first-order valence-electron chi connectivity index (χ1n) is 29.1. The van der Waals surface area contributed by atoms with E-state index in [1.54, 1.807) is 6.08 Å². The minimum absolute atomic E-state index is 0.0571. The SMILES string of the molecule is CCCCCCCCCC/C=C\CCCCCCCCCCCCCCCCCCCCCCCC(=O)NC(CO)C(O)/C=C/CCCCCCCCCCCCCCCCCC. The molecule has 2 unspecified atom stereocenters. The predicted octanol–water partition coefficient (Wildman–Crippen LogP) is 19.1. The summed E-state index contributed by atoms with van der Waals surface area (Å²) in [7, 11) is 0. The lowest BCUT2D eigenvalue weighted by molar-refractivity contribution is -0.123. The number of allylic oxidation sites excluding steroid dienone is 3. The third kappa shape index (κ3) is 51.7. The molecular formula is C59H115NO3. The average Bonchev–Trinajstić information content (AvgIpc) is 3.29. The molecule has 0 heterocycles. The lowest BCUT2D eigenvalue weighted by atomic mass is 10.0. The van der Waals surface area contributed by atoms with Crippen molar-refractivity contribution in [3.63, 3.8) is 0 Å². The van der Waals surface area contributed by atoms with Crippen LogP contribution in [0.1, 0.15) is 328 Å². The van der Waals surface area contributed by atoms with E-state index in [1.807, 2.05) is 6.08 Å². The molecule has 3 N–H and O–H groups in total. The second-order valence-corrected chi connectivity index (χ2v) is 20.1. The largest absolute Gasteiger partial charge is 0.394 e. The first-order valence-corrected chi connectivity index (χ1v) is 29.1. The van der Waals surface area contributed by atoms with Crippen molar-refractivity contribution in [2.75, 3.05) is 6.61 Å². The summed E-state index contributed by atoms with van der Waals surface area (Å²) in [6, 6.07) is -0.619. The van der Waals surface area contributed by atoms with Gasteiger partial charge in [-0.25, -0.2) is 0 Å². The van der Waals surface area contributed by atoms with E-state index in [-0.39, 0.29) is 12.5 Å². The highest BCUT2D eigenvalue weighted by Crippen LogP contribution is 2.18. The molecule has 0 bridgehead atoms. The van der Waals surface area contributed by atoms with Crippen LogP contribution >= 0.6 is 0 Å². The van der Waals surface area contributed by atoms with Crippen molar-refractivity contribution in [2.24, 2.45) is 0 Å². The van der Waals surface area contributed by atoms with Gasteiger partial charge < -0.3 is 15.5 Å². The van der Waals surface area contributed by atoms with E-state index < -0.39 is 12.1 Å². The summed E-state index contributed by atoms with van der Waals surface area (Å²) >= 11 is 0. The number of carbonyl (C=O) groups excluding carboxylic acids is 1. The van der Waals surface area contributed by atoms with Crippen LogP contribution in [0.3, 0.4) is 0 Å². The van der Waals surface area contributed by atoms with Crippen molar-refractivity contribution in [1.29, 1.82) is 0 Å². The van der Waals surface area contributed by atoms with E-state index in [2.05, 4.69) is 31.3 Å². The minimum Gasteiger partial charge on any atom is -0.394 e. The van der Waals surface area contributed by atoms with Gasteiger partial charge in [0.25, 0.3) is 0 Å². The highest BCUT2D eigenvalue weighted by molar-refractivity contribution is 5.76. The van der Waals surface area contributed by atoms with Gasteiger partial charge in [0.1, 0.15) is 0 Å². The van der Waals surface area contributed by atoms with Crippen molar-refractivity contribution in [3.8, 4) is 0 Å². The minimum atomic E-state index is -0.836. The van der Waals surface area contributed by atoms with Gasteiger partial charge in [0.05, 0.1) is 18.8 Å². The van der Waals surface area contributed by atoms with Crippen LogP contribution < -0.4 is 5.32 Å². The van der Waals surface area contributed by atoms with E-state index in [1.165, 1.54) is 283 Å². The first kappa shape index (κ1) is 61.9. The molecule has 0 radical (unpaired) electrons. The van der Waals surface area contributed by atoms with Gasteiger partial charge >= 0.3 is 0 Å². The molecule has 0 spiro atoms. The lowest BCUT2D eigenvalue weighted by Crippen LogP contribution is -2.45. The highest BCUT2D eigenvalue weighted by Gasteiger charge is 2.18. The van der Waals surface area contributed by atoms with Crippen molar-refractivity contribution in [2.45, 2.75) is 341 Å². The Bertz CT molecular complexity index is 916. The zero-order valence-electron chi connectivity index (χ0n) is 43.1. The smallest absolute Gasteiger partial charge is 0.220 e. The molecule has 0 aliphatic heterocycles. The Labute approximate surface area is 396 Å². The standard InChI is InChI=1S/C59H115NO3/c1-3-5-7-9-11-13-15-17-19-21-23-24-25-26-27-28-29-30-31-32-33-34-35-36-37-39-41-43-45-47-49-51-53-55-59(63)60-57(56-61)58(62)54-52-50-48-46-44-42-40-38-22-20-18-16-14-12-10-8-6-4-2/h21,23,52,54,57-58,61-62H,3-20,22,24-51,53,55-56H2,1-2H3,(H,60,63)/b23-21-,54-52+. The number of aliphatic hydroxyl groups is 2. The second kappa shape index (κ2) is 55.2. The van der Waals surface area contributed by atoms with Crippen LogP contribution in [0.5, 0.6) is 0 Å². The van der Waals surface area contributed by atoms with Gasteiger partial charge in [-0.1, -0.05) is 301 Å². The van der Waals surface area contributed by atoms with Gasteiger partial charge in [-0.15, -0.1) is 0 Å². The number of unbranched alkanes of at least 4 members (excludes halogenated alkanes) is 45. The maximum absolute atomic E-state index is 12.5. The van der Waals surface area contributed by atoms with Crippen molar-refractivity contribution in [3.05, 3.63) is 24.3 Å². The summed E-state index contributed by atoms with van der Waals surface area (Å²) in [5.41, 5.74) is 0. The topological polar surface area (TPSA) is 69.6 Å². The van der Waals surface area contributed by atoms with Crippen molar-refractivity contribution >= 4 is 5.91 Å². The average molecular weight is 887 g/mol. The highest BCUT2D eigenvalue weighted by atomic mass is 16.3. The molecule has 0 saturated heterocycles. The number of hydrogen-bond acceptors (Lipinski definition) is 3. The maximum atomic E-state index is 12.5. The summed E-state index contributed by atoms with van der Waals surface area (Å²) in [4.78, 5) is 12.5. The number of amides is 1. The molecule has 0 aromatic rings. The van der Waals surface area contributed by atoms with E-state index in [0.29, 0.717) is 6.42 Å². The molecule has 1 amide bonds. The van der Waals surface area contributed by atoms with E-state index >= 15 is 0 Å². The zero-order chi connectivity index (χ0) is 45.6. The summed E-state index contributed by atoms with van der Waals surface area (Å²) in [6.45, 7) is 4.34. The van der Waals surface area contributed by atoms with E-state index in [0.717, 1.165) is 25.7 Å². The Balaban J connectivity index is 3.42. The molecule has 0 aromatic heterocycles. The van der Waals surface area contributed by atoms with Crippen LogP contribution in [-0.4, -0.2) is 34.9 Å². The summed E-state index contributed by atoms with van der Waals surface area (Å²) in [5, 5.41) is 23.2. The fourth-order valence-corrected chi connectivity index (χ4v) is 9.24. The van der Waals surface area contributed by atoms with Gasteiger partial charge in [0.15, 0.2) is 0 Å². The number of rotatable bonds is 54. The van der Waals surface area contributed by atoms with Crippen LogP contribution in [0.15, 0.2) is 24.3 Å². The molecule has 0 aliphatic rings. The van der Waals surface area contributed by atoms with Gasteiger partial charge in [-0.2, -0.15) is 0 Å². The third-order valence-electron chi connectivity index (χ3n) is 13.7. The summed E-state index contributed by atoms with van der Waals surface area (Å²) in [6.07, 6.45) is 73.5. The van der Waals surface area contributed by atoms with Gasteiger partial charge in [0.2, 0.25) is 5.91 Å². The van der Waals surface area contributed by atoms with Crippen LogP contribution in [0.25, 0.3) is 0 Å². The monoisotopic (exact) mass is 886 g/mol. The molecule has 0 aromatic carbocycles. The quantitative estimate of drug-likeness (QED) is 0.0421. The Hall–Kier alpha value is -1.13. The number of carbonyl (C=O) groups is 1. The van der Waals surface area contributed by atoms with Crippen molar-refractivity contribution < 1.29 is 15.0 Å². The first-order chi connectivity index (χ1) is 31.2. The van der Waals surface area contributed by atoms with Crippen LogP contribution in [0, 0.1) is 0 Å². The predicted molar refractivity (Wildman–Crippen MR) is 281 cm³/mol. The normalized spacial score (nSPS) is 12.9. The molecule has 0 rings (SSSR count). The Morgan fingerprint density at radius 3 is 0.873 bits per heavy atom. The Kier molecular flexibility index (Phi) is 54.2. The van der Waals surface area contributed by atoms with Crippen molar-refractivity contribution in [1.82, 2.24) is 5.32 Å². The molecule has 4 heteroatoms. The molecular weight excluding hydrogens is 771 g/mol. The Morgan fingerprint density at radius 1 is 0.365 bits per heavy atom. The summed E-state index contributed by atoms with van der Waals surface area (Å²) in [5.74, 6) is -0.0571. The number of nitrogens with one attached hydrogen (secondary N) is 1. The van der Waals surface area contributed by atoms with Gasteiger partial charge in [-0.05, 0) is 44.9 Å². The van der Waals surface area contributed by atoms with Gasteiger partial charge in [-0.3, -0.25) is 4.79 Å². The second-order valence-electron chi connectivity index (χ2n) is 20.1. The fourth-order valence-electron chi connectivity index (χ4n) is 9.24. The maximum Gasteiger partial charge on any atom is 0.220 e. The van der Waals surface area contributed by atoms with Gasteiger partial charge in [0, 0.05) is 6.42 Å². The zero-order valence-corrected chi connectivity index (χ0v) is 43.1. The molecule has 0 fully saturated rings. The van der Waals surface area contributed by atoms with Crippen LogP contribution in [0.4, 0.5) is 0 Å². The molecule has 0 aliphatic carbocycles. The number of aliphatic hydroxyl groups excluding tert-OH is 2. The van der Waals surface area contributed by atoms with E-state index in [4.69, 9.17) is 0 Å². The summed E-state index contributed by atoms with van der Waals surface area (Å²) < 4.78 is 0. The molecule has 63 heavy (non-hydrogen) atoms.